The summed E-state index contributed by atoms with van der Waals surface area (Å²) >= 11 is 3.38. The molecule has 2 rings (SSSR count). The van der Waals surface area contributed by atoms with Crippen molar-refractivity contribution in [2.45, 2.75) is 13.3 Å². The van der Waals surface area contributed by atoms with E-state index < -0.39 is 0 Å². The van der Waals surface area contributed by atoms with Crippen LogP contribution in [0.15, 0.2) is 59.1 Å². The van der Waals surface area contributed by atoms with Gasteiger partial charge in [0.1, 0.15) is 0 Å². The molecule has 0 fully saturated rings. The molecule has 0 atom stereocenters. The lowest BCUT2D eigenvalue weighted by Gasteiger charge is -2.04. The summed E-state index contributed by atoms with van der Waals surface area (Å²) in [6.07, 6.45) is 4.30. The van der Waals surface area contributed by atoms with Crippen LogP contribution in [0.1, 0.15) is 18.1 Å². The van der Waals surface area contributed by atoms with Gasteiger partial charge in [-0.1, -0.05) is 47.1 Å². The third kappa shape index (κ3) is 4.35. The van der Waals surface area contributed by atoms with Crippen LogP contribution < -0.4 is 5.32 Å². The first-order valence-electron chi connectivity index (χ1n) is 6.51. The van der Waals surface area contributed by atoms with Crippen LogP contribution in [0.4, 0.5) is 5.69 Å². The van der Waals surface area contributed by atoms with Crippen molar-refractivity contribution in [3.63, 3.8) is 0 Å². The number of aryl methyl sites for hydroxylation is 1. The van der Waals surface area contributed by atoms with Crippen molar-refractivity contribution in [1.29, 1.82) is 0 Å². The van der Waals surface area contributed by atoms with Crippen molar-refractivity contribution in [3.8, 4) is 0 Å². The van der Waals surface area contributed by atoms with Gasteiger partial charge in [-0.15, -0.1) is 0 Å². The highest BCUT2D eigenvalue weighted by atomic mass is 79.9. The Morgan fingerprint density at radius 2 is 1.95 bits per heavy atom. The SMILES string of the molecule is CCc1cccc(NC(=O)C=Cc2ccc(Br)cc2)c1. The number of rotatable bonds is 4. The minimum atomic E-state index is -0.124. The lowest BCUT2D eigenvalue weighted by molar-refractivity contribution is -0.111. The zero-order valence-corrected chi connectivity index (χ0v) is 12.9. The molecule has 2 aromatic rings. The summed E-state index contributed by atoms with van der Waals surface area (Å²) in [5.74, 6) is -0.124. The van der Waals surface area contributed by atoms with E-state index in [1.165, 1.54) is 5.56 Å². The molecule has 0 heterocycles. The number of carbonyl (C=O) groups is 1. The van der Waals surface area contributed by atoms with E-state index in [9.17, 15) is 4.79 Å². The molecule has 0 aromatic heterocycles. The fourth-order valence-electron chi connectivity index (χ4n) is 1.80. The van der Waals surface area contributed by atoms with E-state index in [1.807, 2.05) is 48.5 Å². The molecule has 1 amide bonds. The Bertz CT molecular complexity index is 617. The van der Waals surface area contributed by atoms with Crippen LogP contribution in [0.25, 0.3) is 6.08 Å². The Hall–Kier alpha value is -1.87. The average molecular weight is 330 g/mol. The summed E-state index contributed by atoms with van der Waals surface area (Å²) in [4.78, 5) is 11.8. The summed E-state index contributed by atoms with van der Waals surface area (Å²) in [6, 6.07) is 15.7. The molecule has 0 aliphatic heterocycles. The van der Waals surface area contributed by atoms with Crippen molar-refractivity contribution >= 4 is 33.6 Å². The van der Waals surface area contributed by atoms with E-state index in [1.54, 1.807) is 12.2 Å². The zero-order valence-electron chi connectivity index (χ0n) is 11.3. The van der Waals surface area contributed by atoms with Gasteiger partial charge < -0.3 is 5.32 Å². The minimum absolute atomic E-state index is 0.124. The number of carbonyl (C=O) groups excluding carboxylic acids is 1. The molecule has 0 spiro atoms. The standard InChI is InChI=1S/C17H16BrNO/c1-2-13-4-3-5-16(12-13)19-17(20)11-8-14-6-9-15(18)10-7-14/h3-12H,2H2,1H3,(H,19,20). The van der Waals surface area contributed by atoms with Gasteiger partial charge in [0.25, 0.3) is 0 Å². The molecular weight excluding hydrogens is 314 g/mol. The van der Waals surface area contributed by atoms with E-state index in [-0.39, 0.29) is 5.91 Å². The lowest BCUT2D eigenvalue weighted by atomic mass is 10.1. The summed E-state index contributed by atoms with van der Waals surface area (Å²) in [5.41, 5.74) is 3.03. The Labute approximate surface area is 127 Å². The molecule has 0 aliphatic carbocycles. The molecule has 0 saturated carbocycles. The predicted molar refractivity (Wildman–Crippen MR) is 87.6 cm³/mol. The molecule has 0 saturated heterocycles. The van der Waals surface area contributed by atoms with Gasteiger partial charge in [-0.3, -0.25) is 4.79 Å². The molecule has 0 aliphatic rings. The molecule has 2 nitrogen and oxygen atoms in total. The lowest BCUT2D eigenvalue weighted by Crippen LogP contribution is -2.07. The van der Waals surface area contributed by atoms with Crippen molar-refractivity contribution in [1.82, 2.24) is 0 Å². The molecule has 0 unspecified atom stereocenters. The molecule has 1 N–H and O–H groups in total. The maximum absolute atomic E-state index is 11.8. The Balaban J connectivity index is 1.99. The van der Waals surface area contributed by atoms with Gasteiger partial charge in [-0.05, 0) is 47.9 Å². The van der Waals surface area contributed by atoms with Crippen LogP contribution in [0.5, 0.6) is 0 Å². The van der Waals surface area contributed by atoms with Crippen molar-refractivity contribution < 1.29 is 4.79 Å². The molecule has 20 heavy (non-hydrogen) atoms. The van der Waals surface area contributed by atoms with Crippen LogP contribution in [-0.2, 0) is 11.2 Å². The summed E-state index contributed by atoms with van der Waals surface area (Å²) in [6.45, 7) is 2.09. The van der Waals surface area contributed by atoms with Gasteiger partial charge in [-0.25, -0.2) is 0 Å². The molecule has 0 bridgehead atoms. The van der Waals surface area contributed by atoms with E-state index in [0.29, 0.717) is 0 Å². The van der Waals surface area contributed by atoms with Crippen molar-refractivity contribution in [3.05, 3.63) is 70.2 Å². The highest BCUT2D eigenvalue weighted by Gasteiger charge is 1.98. The topological polar surface area (TPSA) is 29.1 Å². The fraction of sp³-hybridized carbons (Fsp3) is 0.118. The summed E-state index contributed by atoms with van der Waals surface area (Å²) < 4.78 is 1.02. The predicted octanol–water partition coefficient (Wildman–Crippen LogP) is 4.66. The Morgan fingerprint density at radius 3 is 2.65 bits per heavy atom. The quantitative estimate of drug-likeness (QED) is 0.812. The fourth-order valence-corrected chi connectivity index (χ4v) is 2.06. The van der Waals surface area contributed by atoms with Crippen molar-refractivity contribution in [2.75, 3.05) is 5.32 Å². The largest absolute Gasteiger partial charge is 0.323 e. The monoisotopic (exact) mass is 329 g/mol. The molecule has 2 aromatic carbocycles. The normalized spacial score (nSPS) is 10.7. The molecule has 3 heteroatoms. The molecule has 102 valence electrons. The van der Waals surface area contributed by atoms with Crippen LogP contribution in [0.3, 0.4) is 0 Å². The summed E-state index contributed by atoms with van der Waals surface area (Å²) in [5, 5.41) is 2.86. The number of amides is 1. The molecular formula is C17H16BrNO. The highest BCUT2D eigenvalue weighted by Crippen LogP contribution is 2.13. The smallest absolute Gasteiger partial charge is 0.248 e. The van der Waals surface area contributed by atoms with E-state index >= 15 is 0 Å². The van der Waals surface area contributed by atoms with E-state index in [4.69, 9.17) is 0 Å². The minimum Gasteiger partial charge on any atom is -0.323 e. The first-order chi connectivity index (χ1) is 9.67. The number of benzene rings is 2. The number of anilines is 1. The second-order valence-corrected chi connectivity index (χ2v) is 5.34. The Kier molecular flexibility index (Phi) is 5.13. The third-order valence-corrected chi connectivity index (χ3v) is 3.43. The van der Waals surface area contributed by atoms with Crippen LogP contribution >= 0.6 is 15.9 Å². The van der Waals surface area contributed by atoms with E-state index in [0.717, 1.165) is 22.1 Å². The number of hydrogen-bond acceptors (Lipinski definition) is 1. The van der Waals surface area contributed by atoms with Gasteiger partial charge in [0.05, 0.1) is 0 Å². The number of halogens is 1. The molecule has 0 radical (unpaired) electrons. The average Bonchev–Trinajstić information content (AvgIpc) is 2.47. The van der Waals surface area contributed by atoms with Gasteiger partial charge in [-0.2, -0.15) is 0 Å². The van der Waals surface area contributed by atoms with Gasteiger partial charge in [0, 0.05) is 16.2 Å². The maximum Gasteiger partial charge on any atom is 0.248 e. The first kappa shape index (κ1) is 14.5. The summed E-state index contributed by atoms with van der Waals surface area (Å²) in [7, 11) is 0. The van der Waals surface area contributed by atoms with Gasteiger partial charge in [0.2, 0.25) is 5.91 Å². The Morgan fingerprint density at radius 1 is 1.20 bits per heavy atom. The van der Waals surface area contributed by atoms with Crippen molar-refractivity contribution in [2.24, 2.45) is 0 Å². The zero-order chi connectivity index (χ0) is 14.4. The first-order valence-corrected chi connectivity index (χ1v) is 7.30. The number of nitrogens with one attached hydrogen (secondary N) is 1. The van der Waals surface area contributed by atoms with Gasteiger partial charge >= 0.3 is 0 Å². The second kappa shape index (κ2) is 7.06. The van der Waals surface area contributed by atoms with Gasteiger partial charge in [0.15, 0.2) is 0 Å². The highest BCUT2D eigenvalue weighted by molar-refractivity contribution is 9.10. The maximum atomic E-state index is 11.8. The van der Waals surface area contributed by atoms with Crippen LogP contribution in [0, 0.1) is 0 Å². The number of hydrogen-bond donors (Lipinski definition) is 1. The second-order valence-electron chi connectivity index (χ2n) is 4.43. The van der Waals surface area contributed by atoms with E-state index in [2.05, 4.69) is 28.2 Å². The van der Waals surface area contributed by atoms with Crippen LogP contribution in [0.2, 0.25) is 0 Å². The third-order valence-electron chi connectivity index (χ3n) is 2.90. The van der Waals surface area contributed by atoms with Crippen LogP contribution in [-0.4, -0.2) is 5.91 Å².